The van der Waals surface area contributed by atoms with Crippen molar-refractivity contribution in [1.29, 1.82) is 0 Å². The van der Waals surface area contributed by atoms with Gasteiger partial charge in [0, 0.05) is 0 Å². The molecule has 7 heteroatoms. The highest BCUT2D eigenvalue weighted by Crippen LogP contribution is 2.12. The van der Waals surface area contributed by atoms with Gasteiger partial charge >= 0.3 is 5.97 Å². The monoisotopic (exact) mass is 303 g/mol. The third kappa shape index (κ3) is 4.85. The molecule has 0 aliphatic heterocycles. The van der Waals surface area contributed by atoms with Gasteiger partial charge in [-0.2, -0.15) is 16.5 Å². The Hall–Kier alpha value is -1.05. The smallest absolute Gasteiger partial charge is 0.321 e. The molecule has 0 saturated carbocycles. The van der Waals surface area contributed by atoms with Crippen LogP contribution in [0.15, 0.2) is 29.2 Å². The molecule has 0 aromatic heterocycles. The number of hydrogen-bond donors (Lipinski definition) is 2. The number of hydrogen-bond acceptors (Lipinski definition) is 4. The molecule has 106 valence electrons. The van der Waals surface area contributed by atoms with Gasteiger partial charge in [0.2, 0.25) is 10.0 Å². The zero-order valence-corrected chi connectivity index (χ0v) is 12.4. The average Bonchev–Trinajstić information content (AvgIpc) is 2.34. The Labute approximate surface area is 117 Å². The fourth-order valence-electron chi connectivity index (χ4n) is 1.51. The molecule has 1 rings (SSSR count). The second-order valence-corrected chi connectivity index (χ2v) is 6.81. The first-order valence-electron chi connectivity index (χ1n) is 5.67. The summed E-state index contributed by atoms with van der Waals surface area (Å²) in [6, 6.07) is 5.26. The molecule has 0 amide bonds. The number of carboxylic acids is 1. The number of carbonyl (C=O) groups is 1. The number of thioether (sulfide) groups is 1. The molecule has 0 heterocycles. The van der Waals surface area contributed by atoms with Gasteiger partial charge in [0.05, 0.1) is 4.90 Å². The molecule has 0 radical (unpaired) electrons. The largest absolute Gasteiger partial charge is 0.480 e. The van der Waals surface area contributed by atoms with Crippen molar-refractivity contribution in [2.24, 2.45) is 0 Å². The van der Waals surface area contributed by atoms with Crippen molar-refractivity contribution in [2.75, 3.05) is 12.0 Å². The Morgan fingerprint density at radius 3 is 2.68 bits per heavy atom. The predicted octanol–water partition coefficient (Wildman–Crippen LogP) is 1.48. The van der Waals surface area contributed by atoms with Gasteiger partial charge in [-0.1, -0.05) is 12.1 Å². The molecule has 0 aliphatic rings. The minimum Gasteiger partial charge on any atom is -0.480 e. The third-order valence-electron chi connectivity index (χ3n) is 2.51. The van der Waals surface area contributed by atoms with Gasteiger partial charge in [-0.05, 0) is 43.0 Å². The van der Waals surface area contributed by atoms with Gasteiger partial charge in [-0.3, -0.25) is 4.79 Å². The molecular formula is C12H17NO4S2. The predicted molar refractivity (Wildman–Crippen MR) is 75.9 cm³/mol. The fraction of sp³-hybridized carbons (Fsp3) is 0.417. The molecule has 1 atom stereocenters. The van der Waals surface area contributed by atoms with Crippen molar-refractivity contribution in [3.05, 3.63) is 29.8 Å². The van der Waals surface area contributed by atoms with E-state index in [9.17, 15) is 13.2 Å². The van der Waals surface area contributed by atoms with Crippen molar-refractivity contribution in [3.8, 4) is 0 Å². The summed E-state index contributed by atoms with van der Waals surface area (Å²) in [6.45, 7) is 1.78. The first-order chi connectivity index (χ1) is 8.86. The van der Waals surface area contributed by atoms with E-state index in [1.165, 1.54) is 23.9 Å². The van der Waals surface area contributed by atoms with Gasteiger partial charge in [0.25, 0.3) is 0 Å². The molecule has 0 saturated heterocycles. The summed E-state index contributed by atoms with van der Waals surface area (Å²) in [4.78, 5) is 11.1. The van der Waals surface area contributed by atoms with E-state index in [0.29, 0.717) is 5.75 Å². The highest BCUT2D eigenvalue weighted by Gasteiger charge is 2.24. The maximum Gasteiger partial charge on any atom is 0.321 e. The van der Waals surface area contributed by atoms with Gasteiger partial charge in [0.15, 0.2) is 0 Å². The van der Waals surface area contributed by atoms with E-state index in [2.05, 4.69) is 4.72 Å². The van der Waals surface area contributed by atoms with Crippen LogP contribution in [0.2, 0.25) is 0 Å². The molecule has 0 spiro atoms. The number of sulfonamides is 1. The van der Waals surface area contributed by atoms with E-state index >= 15 is 0 Å². The Balaban J connectivity index is 2.91. The van der Waals surface area contributed by atoms with E-state index in [1.54, 1.807) is 19.1 Å². The van der Waals surface area contributed by atoms with Crippen molar-refractivity contribution >= 4 is 27.8 Å². The SMILES string of the molecule is CSCCC(NS(=O)(=O)c1cccc(C)c1)C(=O)O. The summed E-state index contributed by atoms with van der Waals surface area (Å²) in [5.41, 5.74) is 0.805. The molecule has 1 aromatic carbocycles. The van der Waals surface area contributed by atoms with Crippen LogP contribution in [0.5, 0.6) is 0 Å². The summed E-state index contributed by atoms with van der Waals surface area (Å²) >= 11 is 1.47. The Morgan fingerprint density at radius 2 is 2.16 bits per heavy atom. The number of benzene rings is 1. The number of nitrogens with one attached hydrogen (secondary N) is 1. The molecule has 0 bridgehead atoms. The lowest BCUT2D eigenvalue weighted by Gasteiger charge is -2.14. The maximum absolute atomic E-state index is 12.1. The molecule has 5 nitrogen and oxygen atoms in total. The second kappa shape index (κ2) is 6.93. The van der Waals surface area contributed by atoms with Crippen molar-refractivity contribution in [1.82, 2.24) is 4.72 Å². The summed E-state index contributed by atoms with van der Waals surface area (Å²) < 4.78 is 26.4. The topological polar surface area (TPSA) is 83.5 Å². The molecule has 19 heavy (non-hydrogen) atoms. The van der Waals surface area contributed by atoms with Crippen LogP contribution in [0.4, 0.5) is 0 Å². The van der Waals surface area contributed by atoms with Crippen LogP contribution in [0, 0.1) is 6.92 Å². The van der Waals surface area contributed by atoms with Crippen molar-refractivity contribution in [2.45, 2.75) is 24.3 Å². The van der Waals surface area contributed by atoms with E-state index in [4.69, 9.17) is 5.11 Å². The molecule has 0 aliphatic carbocycles. The van der Waals surface area contributed by atoms with Crippen LogP contribution in [-0.2, 0) is 14.8 Å². The normalized spacial score (nSPS) is 13.2. The van der Waals surface area contributed by atoms with Crippen LogP contribution in [0.1, 0.15) is 12.0 Å². The minimum absolute atomic E-state index is 0.0860. The lowest BCUT2D eigenvalue weighted by molar-refractivity contribution is -0.139. The van der Waals surface area contributed by atoms with Crippen LogP contribution < -0.4 is 4.72 Å². The maximum atomic E-state index is 12.1. The number of rotatable bonds is 7. The quantitative estimate of drug-likeness (QED) is 0.797. The van der Waals surface area contributed by atoms with Crippen LogP contribution in [0.25, 0.3) is 0 Å². The summed E-state index contributed by atoms with van der Waals surface area (Å²) in [6.07, 6.45) is 2.09. The highest BCUT2D eigenvalue weighted by molar-refractivity contribution is 7.98. The van der Waals surface area contributed by atoms with E-state index in [1.807, 2.05) is 6.26 Å². The summed E-state index contributed by atoms with van der Waals surface area (Å²) in [5.74, 6) is -0.585. The van der Waals surface area contributed by atoms with Gasteiger partial charge in [-0.15, -0.1) is 0 Å². The first kappa shape index (κ1) is 16.0. The lowest BCUT2D eigenvalue weighted by atomic mass is 10.2. The number of aryl methyl sites for hydroxylation is 1. The van der Waals surface area contributed by atoms with Gasteiger partial charge in [-0.25, -0.2) is 8.42 Å². The number of carboxylic acid groups (broad SMARTS) is 1. The standard InChI is InChI=1S/C12H17NO4S2/c1-9-4-3-5-10(8-9)19(16,17)13-11(12(14)15)6-7-18-2/h3-5,8,11,13H,6-7H2,1-2H3,(H,14,15). The second-order valence-electron chi connectivity index (χ2n) is 4.11. The lowest BCUT2D eigenvalue weighted by Crippen LogP contribution is -2.41. The molecule has 1 unspecified atom stereocenters. The van der Waals surface area contributed by atoms with E-state index < -0.39 is 22.0 Å². The Morgan fingerprint density at radius 1 is 1.47 bits per heavy atom. The minimum atomic E-state index is -3.80. The first-order valence-corrected chi connectivity index (χ1v) is 8.55. The Bertz CT molecular complexity index is 542. The zero-order chi connectivity index (χ0) is 14.5. The van der Waals surface area contributed by atoms with Crippen LogP contribution >= 0.6 is 11.8 Å². The molecule has 1 aromatic rings. The molecule has 0 fully saturated rings. The summed E-state index contributed by atoms with van der Waals surface area (Å²) in [5, 5.41) is 9.03. The zero-order valence-electron chi connectivity index (χ0n) is 10.8. The van der Waals surface area contributed by atoms with Crippen molar-refractivity contribution in [3.63, 3.8) is 0 Å². The number of aliphatic carboxylic acids is 1. The molecule has 2 N–H and O–H groups in total. The third-order valence-corrected chi connectivity index (χ3v) is 4.62. The van der Waals surface area contributed by atoms with Gasteiger partial charge < -0.3 is 5.11 Å². The van der Waals surface area contributed by atoms with E-state index in [-0.39, 0.29) is 11.3 Å². The van der Waals surface area contributed by atoms with Crippen LogP contribution in [-0.4, -0.2) is 37.5 Å². The van der Waals surface area contributed by atoms with Gasteiger partial charge in [0.1, 0.15) is 6.04 Å². The summed E-state index contributed by atoms with van der Waals surface area (Å²) in [7, 11) is -3.80. The average molecular weight is 303 g/mol. The van der Waals surface area contributed by atoms with Crippen LogP contribution in [0.3, 0.4) is 0 Å². The molecular weight excluding hydrogens is 286 g/mol. The highest BCUT2D eigenvalue weighted by atomic mass is 32.2. The van der Waals surface area contributed by atoms with Crippen molar-refractivity contribution < 1.29 is 18.3 Å². The van der Waals surface area contributed by atoms with E-state index in [0.717, 1.165) is 5.56 Å². The Kier molecular flexibility index (Phi) is 5.84. The fourth-order valence-corrected chi connectivity index (χ4v) is 3.31.